The Kier molecular flexibility index (Phi) is 9.02. The molecule has 0 amide bonds. The van der Waals surface area contributed by atoms with Gasteiger partial charge in [0.15, 0.2) is 5.78 Å². The molecule has 5 N–H and O–H groups in total. The van der Waals surface area contributed by atoms with Crippen LogP contribution in [0.15, 0.2) is 23.7 Å². The number of aliphatic hydroxyl groups excluding tert-OH is 4. The Hall–Kier alpha value is -1.74. The molecule has 1 heterocycles. The molecule has 0 aromatic carbocycles. The van der Waals surface area contributed by atoms with Crippen molar-refractivity contribution in [2.45, 2.75) is 77.8 Å². The number of carbonyl (C=O) groups excluding carboxylic acids is 2. The highest BCUT2D eigenvalue weighted by Crippen LogP contribution is 2.32. The lowest BCUT2D eigenvalue weighted by atomic mass is 9.77. The smallest absolute Gasteiger partial charge is 0.314 e. The van der Waals surface area contributed by atoms with E-state index in [-0.39, 0.29) is 25.0 Å². The van der Waals surface area contributed by atoms with Crippen molar-refractivity contribution in [3.05, 3.63) is 23.7 Å². The van der Waals surface area contributed by atoms with Crippen LogP contribution in [-0.2, 0) is 14.3 Å². The predicted molar refractivity (Wildman–Crippen MR) is 106 cm³/mol. The Balaban J connectivity index is 3.40. The Labute approximate surface area is 171 Å². The zero-order chi connectivity index (χ0) is 22.5. The van der Waals surface area contributed by atoms with Gasteiger partial charge < -0.3 is 30.3 Å². The number of hydrogen-bond donors (Lipinski definition) is 5. The van der Waals surface area contributed by atoms with Crippen molar-refractivity contribution in [2.24, 2.45) is 17.8 Å². The fourth-order valence-electron chi connectivity index (χ4n) is 3.64. The van der Waals surface area contributed by atoms with Gasteiger partial charge in [0, 0.05) is 12.3 Å². The zero-order valence-corrected chi connectivity index (χ0v) is 17.7. The summed E-state index contributed by atoms with van der Waals surface area (Å²) in [5.41, 5.74) is -1.32. The Morgan fingerprint density at radius 1 is 1.17 bits per heavy atom. The molecule has 0 spiro atoms. The first kappa shape index (κ1) is 25.3. The summed E-state index contributed by atoms with van der Waals surface area (Å²) in [6.07, 6.45) is -2.57. The van der Waals surface area contributed by atoms with Crippen LogP contribution in [0.2, 0.25) is 0 Å². The van der Waals surface area contributed by atoms with Gasteiger partial charge in [-0.2, -0.15) is 0 Å². The number of ketones is 1. The molecule has 0 aromatic heterocycles. The number of aliphatic hydroxyl groups is 5. The van der Waals surface area contributed by atoms with E-state index in [4.69, 9.17) is 9.84 Å². The molecule has 29 heavy (non-hydrogen) atoms. The third kappa shape index (κ3) is 6.37. The molecule has 1 aliphatic rings. The van der Waals surface area contributed by atoms with Crippen molar-refractivity contribution < 1.29 is 39.9 Å². The number of ether oxygens (including phenoxy) is 1. The van der Waals surface area contributed by atoms with E-state index in [0.29, 0.717) is 5.57 Å². The molecular weight excluding hydrogens is 380 g/mol. The van der Waals surface area contributed by atoms with Crippen LogP contribution in [0.1, 0.15) is 53.9 Å². The molecule has 1 aliphatic heterocycles. The third-order valence-electron chi connectivity index (χ3n) is 5.82. The van der Waals surface area contributed by atoms with Crippen LogP contribution < -0.4 is 0 Å². The Morgan fingerprint density at radius 2 is 1.76 bits per heavy atom. The molecule has 0 saturated carbocycles. The summed E-state index contributed by atoms with van der Waals surface area (Å²) in [7, 11) is 0. The molecule has 7 atom stereocenters. The maximum atomic E-state index is 12.7. The Morgan fingerprint density at radius 3 is 2.31 bits per heavy atom. The molecular formula is C21H34O8. The minimum atomic E-state index is -1.84. The van der Waals surface area contributed by atoms with Crippen molar-refractivity contribution in [3.8, 4) is 0 Å². The molecule has 0 aromatic rings. The maximum Gasteiger partial charge on any atom is 0.314 e. The number of carbonyl (C=O) groups is 2. The molecule has 0 saturated heterocycles. The molecule has 166 valence electrons. The van der Waals surface area contributed by atoms with Crippen molar-refractivity contribution in [1.82, 2.24) is 0 Å². The van der Waals surface area contributed by atoms with Gasteiger partial charge in [-0.1, -0.05) is 13.8 Å². The van der Waals surface area contributed by atoms with Crippen molar-refractivity contribution in [2.75, 3.05) is 0 Å². The molecule has 0 fully saturated rings. The zero-order valence-electron chi connectivity index (χ0n) is 17.7. The molecule has 0 aliphatic carbocycles. The second-order valence-electron chi connectivity index (χ2n) is 8.36. The van der Waals surface area contributed by atoms with Gasteiger partial charge in [0.25, 0.3) is 0 Å². The Bertz CT molecular complexity index is 651. The number of cyclic esters (lactones) is 1. The van der Waals surface area contributed by atoms with Gasteiger partial charge in [-0.05, 0) is 51.2 Å². The lowest BCUT2D eigenvalue weighted by Crippen LogP contribution is -2.52. The molecule has 0 radical (unpaired) electrons. The first-order valence-electron chi connectivity index (χ1n) is 9.81. The summed E-state index contributed by atoms with van der Waals surface area (Å²) in [6, 6.07) is 0. The highest BCUT2D eigenvalue weighted by Gasteiger charge is 2.43. The van der Waals surface area contributed by atoms with E-state index < -0.39 is 53.4 Å². The lowest BCUT2D eigenvalue weighted by molar-refractivity contribution is -0.161. The first-order valence-corrected chi connectivity index (χ1v) is 9.81. The largest absolute Gasteiger partial charge is 0.516 e. The van der Waals surface area contributed by atoms with Crippen LogP contribution in [-0.4, -0.2) is 61.2 Å². The predicted octanol–water partition coefficient (Wildman–Crippen LogP) is 1.37. The quantitative estimate of drug-likeness (QED) is 0.337. The van der Waals surface area contributed by atoms with Crippen molar-refractivity contribution >= 4 is 11.8 Å². The van der Waals surface area contributed by atoms with Crippen molar-refractivity contribution in [1.29, 1.82) is 0 Å². The lowest BCUT2D eigenvalue weighted by Gasteiger charge is -2.38. The molecule has 8 heteroatoms. The van der Waals surface area contributed by atoms with Crippen molar-refractivity contribution in [3.63, 3.8) is 0 Å². The van der Waals surface area contributed by atoms with Crippen LogP contribution in [0.5, 0.6) is 0 Å². The SMILES string of the molecule is CC1=C(C)OC(=O)C(CC=CO)C(C)C(O)C(O)C(C)(O)CC(C)C(=O)C(O)C1. The highest BCUT2D eigenvalue weighted by molar-refractivity contribution is 5.85. The summed E-state index contributed by atoms with van der Waals surface area (Å²) in [6.45, 7) is 7.55. The number of esters is 1. The minimum Gasteiger partial charge on any atom is -0.516 e. The van der Waals surface area contributed by atoms with Crippen LogP contribution in [0.25, 0.3) is 0 Å². The summed E-state index contributed by atoms with van der Waals surface area (Å²) < 4.78 is 5.38. The van der Waals surface area contributed by atoms with E-state index in [2.05, 4.69) is 0 Å². The summed E-state index contributed by atoms with van der Waals surface area (Å²) in [5.74, 6) is -3.48. The van der Waals surface area contributed by atoms with E-state index in [1.807, 2.05) is 0 Å². The number of allylic oxidation sites excluding steroid dienone is 2. The maximum absolute atomic E-state index is 12.7. The van der Waals surface area contributed by atoms with Crippen LogP contribution >= 0.6 is 0 Å². The number of hydrogen-bond acceptors (Lipinski definition) is 8. The second kappa shape index (κ2) is 10.3. The summed E-state index contributed by atoms with van der Waals surface area (Å²) in [5, 5.41) is 51.2. The van der Waals surface area contributed by atoms with Gasteiger partial charge in [0.05, 0.1) is 23.9 Å². The fraction of sp³-hybridized carbons (Fsp3) is 0.714. The van der Waals surface area contributed by atoms with Crippen LogP contribution in [0, 0.1) is 17.8 Å². The normalized spacial score (nSPS) is 38.8. The van der Waals surface area contributed by atoms with Gasteiger partial charge in [-0.15, -0.1) is 0 Å². The van der Waals surface area contributed by atoms with E-state index in [1.54, 1.807) is 13.8 Å². The monoisotopic (exact) mass is 414 g/mol. The van der Waals surface area contributed by atoms with E-state index in [0.717, 1.165) is 6.26 Å². The van der Waals surface area contributed by atoms with E-state index >= 15 is 0 Å². The third-order valence-corrected chi connectivity index (χ3v) is 5.82. The van der Waals surface area contributed by atoms with Gasteiger partial charge in [-0.3, -0.25) is 9.59 Å². The van der Waals surface area contributed by atoms with Gasteiger partial charge in [0.1, 0.15) is 18.0 Å². The number of Topliss-reactive ketones (excluding diaryl/α,β-unsaturated/α-hetero) is 1. The topological polar surface area (TPSA) is 145 Å². The highest BCUT2D eigenvalue weighted by atomic mass is 16.5. The molecule has 7 unspecified atom stereocenters. The molecule has 8 nitrogen and oxygen atoms in total. The number of rotatable bonds is 2. The fourth-order valence-corrected chi connectivity index (χ4v) is 3.64. The molecule has 1 rings (SSSR count). The van der Waals surface area contributed by atoms with Gasteiger partial charge in [-0.25, -0.2) is 0 Å². The summed E-state index contributed by atoms with van der Waals surface area (Å²) >= 11 is 0. The molecule has 0 bridgehead atoms. The minimum absolute atomic E-state index is 0.0353. The standard InChI is InChI=1S/C21H34O8/c1-11-9-16(23)17(24)12(2)10-21(5,28)19(26)18(25)13(3)15(7-6-8-22)20(27)29-14(11)4/h6,8,12-13,15-16,18-19,22-23,25-26,28H,7,9-10H2,1-5H3. The summed E-state index contributed by atoms with van der Waals surface area (Å²) in [4.78, 5) is 25.2. The second-order valence-corrected chi connectivity index (χ2v) is 8.36. The van der Waals surface area contributed by atoms with Crippen LogP contribution in [0.4, 0.5) is 0 Å². The van der Waals surface area contributed by atoms with Gasteiger partial charge in [0.2, 0.25) is 0 Å². The average molecular weight is 414 g/mol. The average Bonchev–Trinajstić information content (AvgIpc) is 2.64. The van der Waals surface area contributed by atoms with E-state index in [1.165, 1.54) is 26.8 Å². The van der Waals surface area contributed by atoms with Gasteiger partial charge >= 0.3 is 5.97 Å². The van der Waals surface area contributed by atoms with E-state index in [9.17, 15) is 30.0 Å². The first-order chi connectivity index (χ1) is 13.3. The van der Waals surface area contributed by atoms with Crippen LogP contribution in [0.3, 0.4) is 0 Å².